The van der Waals surface area contributed by atoms with Crippen LogP contribution in [0.1, 0.15) is 80.2 Å². The van der Waals surface area contributed by atoms with Gasteiger partial charge in [-0.05, 0) is 78.8 Å². The second-order valence-electron chi connectivity index (χ2n) is 18.0. The van der Waals surface area contributed by atoms with E-state index < -0.39 is 102 Å². The summed E-state index contributed by atoms with van der Waals surface area (Å²) in [5.74, 6) is -5.74. The Bertz CT molecular complexity index is 1940. The maximum Gasteiger partial charge on any atom is 0.408 e. The number of alkyl carbamates (subject to hydrolysis) is 2. The van der Waals surface area contributed by atoms with E-state index in [0.29, 0.717) is 12.0 Å². The summed E-state index contributed by atoms with van der Waals surface area (Å²) in [5.41, 5.74) is -1.94. The number of ketones is 1. The van der Waals surface area contributed by atoms with Gasteiger partial charge in [0.05, 0.1) is 36.4 Å². The average Bonchev–Trinajstić information content (AvgIpc) is 3.57. The molecule has 0 radical (unpaired) electrons. The SMILES string of the molecule is CC[C@H]1OC(=O)[C@H](C)[C@@H](OC(=O)Cc2cccnc2)[C@H](C)[C@@H](O[C@@H]2O[C@H](C)C[C@H](N(C)C)[C@H]2O)[C@](C)(OC(=O)NCC=CC=C2C=NC=CN2)C[C@@H](C)C(=O)[C@H](C)[C@H]2NC(=O)O[C@@]21C. The van der Waals surface area contributed by atoms with E-state index in [1.807, 2.05) is 25.9 Å². The fraction of sp³-hybridized carbons (Fsp3) is 0.630. The lowest BCUT2D eigenvalue weighted by Gasteiger charge is -2.48. The highest BCUT2D eigenvalue weighted by molar-refractivity contribution is 5.85. The molecule has 14 atom stereocenters. The number of allylic oxidation sites excluding steroid dienone is 3. The second-order valence-corrected chi connectivity index (χ2v) is 18.0. The standard InChI is InChI=1S/C46H66N6O12/c1-11-34-46(8)39(51-44(58)64-46)28(4)36(54)26(2)23-45(7,63-43(57)50-18-13-12-16-32-25-48-19-20-49-32)40(62-42-37(55)33(52(9)10)21-27(3)59-42)29(5)38(30(6)41(56)60-34)61-35(53)22-31-15-14-17-47-24-31/h12-17,19-20,24-30,33-34,37-40,42,49,55H,11,18,21-23H2,1-10H3,(H,50,57)(H,51,58)/t26-,27-,28+,29+,30-,33+,34-,37-,38+,39-,40-,42+,45-,46-/m1/s1. The van der Waals surface area contributed by atoms with Crippen molar-refractivity contribution in [2.24, 2.45) is 28.7 Å². The molecular formula is C46H66N6O12. The van der Waals surface area contributed by atoms with Crippen LogP contribution < -0.4 is 16.0 Å². The van der Waals surface area contributed by atoms with E-state index in [4.69, 9.17) is 28.4 Å². The molecule has 4 aliphatic heterocycles. The largest absolute Gasteiger partial charge is 0.461 e. The number of aliphatic hydroxyl groups excluding tert-OH is 1. The van der Waals surface area contributed by atoms with Gasteiger partial charge in [0.2, 0.25) is 0 Å². The van der Waals surface area contributed by atoms with E-state index in [9.17, 15) is 29.1 Å². The number of Topliss-reactive ketones (excluding diaryl/α,β-unsaturated/α-hetero) is 1. The Balaban J connectivity index is 1.62. The molecule has 18 heteroatoms. The van der Waals surface area contributed by atoms with Gasteiger partial charge in [0.1, 0.15) is 35.8 Å². The molecule has 1 aromatic rings. The minimum atomic E-state index is -1.76. The van der Waals surface area contributed by atoms with Crippen molar-refractivity contribution in [2.75, 3.05) is 20.6 Å². The first-order valence-corrected chi connectivity index (χ1v) is 22.0. The predicted octanol–water partition coefficient (Wildman–Crippen LogP) is 4.12. The quantitative estimate of drug-likeness (QED) is 0.181. The zero-order chi connectivity index (χ0) is 46.9. The predicted molar refractivity (Wildman–Crippen MR) is 234 cm³/mol. The van der Waals surface area contributed by atoms with Crippen LogP contribution in [-0.2, 0) is 49.2 Å². The minimum absolute atomic E-state index is 0.0424. The summed E-state index contributed by atoms with van der Waals surface area (Å²) >= 11 is 0. The van der Waals surface area contributed by atoms with Gasteiger partial charge < -0.3 is 54.4 Å². The summed E-state index contributed by atoms with van der Waals surface area (Å²) in [5, 5.41) is 20.4. The first kappa shape index (κ1) is 49.8. The number of nitrogens with zero attached hydrogens (tertiary/aromatic N) is 3. The van der Waals surface area contributed by atoms with Crippen molar-refractivity contribution in [1.82, 2.24) is 25.8 Å². The monoisotopic (exact) mass is 894 g/mol. The number of cyclic esters (lactones) is 1. The molecule has 4 N–H and O–H groups in total. The highest BCUT2D eigenvalue weighted by Gasteiger charge is 2.58. The third-order valence-corrected chi connectivity index (χ3v) is 12.7. The third kappa shape index (κ3) is 11.9. The van der Waals surface area contributed by atoms with Crippen LogP contribution in [0.15, 0.2) is 65.8 Å². The maximum absolute atomic E-state index is 14.7. The number of aliphatic imine (C=N–C) groups is 1. The number of likely N-dealkylation sites (N-methyl/N-ethyl adjacent to an activating group) is 1. The molecule has 64 heavy (non-hydrogen) atoms. The van der Waals surface area contributed by atoms with E-state index in [0.717, 1.165) is 5.70 Å². The van der Waals surface area contributed by atoms with Crippen molar-refractivity contribution in [3.63, 3.8) is 0 Å². The second kappa shape index (κ2) is 21.7. The number of hydrogen-bond donors (Lipinski definition) is 4. The normalized spacial score (nSPS) is 36.6. The Morgan fingerprint density at radius 1 is 1.11 bits per heavy atom. The molecule has 1 aromatic heterocycles. The first-order valence-electron chi connectivity index (χ1n) is 22.0. The van der Waals surface area contributed by atoms with Crippen LogP contribution in [0.4, 0.5) is 9.59 Å². The van der Waals surface area contributed by atoms with Crippen LogP contribution in [0.2, 0.25) is 0 Å². The summed E-state index contributed by atoms with van der Waals surface area (Å²) < 4.78 is 37.8. The Morgan fingerprint density at radius 2 is 1.86 bits per heavy atom. The number of fused-ring (bicyclic) bond motifs is 1. The number of carbonyl (C=O) groups is 5. The van der Waals surface area contributed by atoms with Gasteiger partial charge in [-0.3, -0.25) is 24.4 Å². The van der Waals surface area contributed by atoms with Gasteiger partial charge in [0, 0.05) is 55.1 Å². The molecule has 3 fully saturated rings. The molecule has 4 aliphatic rings. The van der Waals surface area contributed by atoms with Gasteiger partial charge in [-0.25, -0.2) is 9.59 Å². The van der Waals surface area contributed by atoms with Crippen LogP contribution in [0, 0.1) is 23.7 Å². The zero-order valence-electron chi connectivity index (χ0n) is 38.5. The zero-order valence-corrected chi connectivity index (χ0v) is 38.5. The van der Waals surface area contributed by atoms with Crippen molar-refractivity contribution in [1.29, 1.82) is 0 Å². The van der Waals surface area contributed by atoms with Gasteiger partial charge in [-0.2, -0.15) is 0 Å². The average molecular weight is 895 g/mol. The van der Waals surface area contributed by atoms with Crippen LogP contribution in [0.3, 0.4) is 0 Å². The molecule has 5 rings (SSSR count). The molecule has 5 heterocycles. The van der Waals surface area contributed by atoms with E-state index >= 15 is 0 Å². The molecule has 2 amide bonds. The Morgan fingerprint density at radius 3 is 2.52 bits per heavy atom. The topological polar surface area (TPSA) is 226 Å². The number of hydrogen-bond acceptors (Lipinski definition) is 16. The van der Waals surface area contributed by atoms with Crippen molar-refractivity contribution in [2.45, 2.75) is 141 Å². The van der Waals surface area contributed by atoms with Crippen molar-refractivity contribution in [3.05, 3.63) is 66.4 Å². The van der Waals surface area contributed by atoms with E-state index in [2.05, 4.69) is 25.9 Å². The van der Waals surface area contributed by atoms with Gasteiger partial charge in [-0.1, -0.05) is 45.9 Å². The summed E-state index contributed by atoms with van der Waals surface area (Å²) in [6, 6.07) is 2.07. The molecule has 0 aromatic carbocycles. The fourth-order valence-corrected chi connectivity index (χ4v) is 9.36. The molecular weight excluding hydrogens is 829 g/mol. The van der Waals surface area contributed by atoms with Crippen LogP contribution >= 0.6 is 0 Å². The highest BCUT2D eigenvalue weighted by atomic mass is 16.7. The first-order chi connectivity index (χ1) is 30.3. The fourth-order valence-electron chi connectivity index (χ4n) is 9.36. The summed E-state index contributed by atoms with van der Waals surface area (Å²) in [4.78, 5) is 80.1. The van der Waals surface area contributed by atoms with E-state index in [1.165, 1.54) is 6.20 Å². The van der Waals surface area contributed by atoms with E-state index in [1.54, 1.807) is 104 Å². The number of aromatic nitrogens is 1. The summed E-state index contributed by atoms with van der Waals surface area (Å²) in [6.07, 6.45) is 5.37. The minimum Gasteiger partial charge on any atom is -0.461 e. The van der Waals surface area contributed by atoms with Gasteiger partial charge in [0.25, 0.3) is 0 Å². The van der Waals surface area contributed by atoms with Crippen LogP contribution in [-0.4, -0.2) is 132 Å². The number of esters is 2. The number of nitrogens with one attached hydrogen (secondary N) is 3. The van der Waals surface area contributed by atoms with Gasteiger partial charge in [-0.15, -0.1) is 0 Å². The lowest BCUT2D eigenvalue weighted by molar-refractivity contribution is -0.298. The van der Waals surface area contributed by atoms with Crippen LogP contribution in [0.25, 0.3) is 0 Å². The molecule has 0 aliphatic carbocycles. The Hall–Kier alpha value is -5.17. The molecule has 0 unspecified atom stereocenters. The van der Waals surface area contributed by atoms with Crippen molar-refractivity contribution < 1.29 is 57.5 Å². The molecule has 18 nitrogen and oxygen atoms in total. The number of aliphatic hydroxyl groups is 1. The highest BCUT2D eigenvalue weighted by Crippen LogP contribution is 2.42. The third-order valence-electron chi connectivity index (χ3n) is 12.7. The molecule has 0 bridgehead atoms. The lowest BCUT2D eigenvalue weighted by Crippen LogP contribution is -2.61. The molecule has 3 saturated heterocycles. The number of carbonyl (C=O) groups excluding carboxylic acids is 5. The van der Waals surface area contributed by atoms with E-state index in [-0.39, 0.29) is 37.7 Å². The smallest absolute Gasteiger partial charge is 0.408 e. The summed E-state index contributed by atoms with van der Waals surface area (Å²) in [7, 11) is 3.66. The summed E-state index contributed by atoms with van der Waals surface area (Å²) in [6.45, 7) is 13.5. The van der Waals surface area contributed by atoms with Crippen molar-refractivity contribution in [3.8, 4) is 0 Å². The van der Waals surface area contributed by atoms with Crippen LogP contribution in [0.5, 0.6) is 0 Å². The number of ether oxygens (including phenoxy) is 6. The van der Waals surface area contributed by atoms with Gasteiger partial charge >= 0.3 is 24.1 Å². The number of pyridine rings is 1. The maximum atomic E-state index is 14.7. The number of rotatable bonds is 11. The lowest BCUT2D eigenvalue weighted by atomic mass is 9.73. The molecule has 352 valence electrons. The Kier molecular flexibility index (Phi) is 16.9. The van der Waals surface area contributed by atoms with Gasteiger partial charge in [0.15, 0.2) is 11.9 Å². The molecule has 0 saturated carbocycles. The Labute approximate surface area is 375 Å². The number of amides is 2. The molecule has 0 spiro atoms. The van der Waals surface area contributed by atoms with Crippen molar-refractivity contribution >= 4 is 36.1 Å².